The number of amides is 1. The van der Waals surface area contributed by atoms with Crippen molar-refractivity contribution in [3.63, 3.8) is 0 Å². The summed E-state index contributed by atoms with van der Waals surface area (Å²) >= 11 is 0. The third-order valence-electron chi connectivity index (χ3n) is 5.18. The minimum atomic E-state index is -3.43. The average molecular weight is 470 g/mol. The molecule has 8 nitrogen and oxygen atoms in total. The molecule has 2 aromatic rings. The van der Waals surface area contributed by atoms with Crippen molar-refractivity contribution in [3.05, 3.63) is 48.2 Å². The number of hydrogen-bond acceptors (Lipinski definition) is 6. The molecular weight excluding hydrogens is 444 g/mol. The summed E-state index contributed by atoms with van der Waals surface area (Å²) < 4.78 is 52.1. The van der Waals surface area contributed by atoms with E-state index in [1.807, 2.05) is 0 Å². The van der Waals surface area contributed by atoms with Crippen LogP contribution in [0.3, 0.4) is 0 Å². The van der Waals surface area contributed by atoms with Gasteiger partial charge in [0.1, 0.15) is 12.3 Å². The maximum atomic E-state index is 13.7. The summed E-state index contributed by atoms with van der Waals surface area (Å²) in [4.78, 5) is 13.1. The molecule has 1 aliphatic rings. The zero-order valence-corrected chi connectivity index (χ0v) is 18.2. The molecule has 1 aromatic heterocycles. The lowest BCUT2D eigenvalue weighted by Gasteiger charge is -2.12. The Labute approximate surface area is 184 Å². The number of rotatable bonds is 8. The predicted molar refractivity (Wildman–Crippen MR) is 114 cm³/mol. The van der Waals surface area contributed by atoms with E-state index in [-0.39, 0.29) is 35.7 Å². The molecule has 1 aliphatic carbocycles. The Morgan fingerprint density at radius 2 is 1.88 bits per heavy atom. The van der Waals surface area contributed by atoms with Crippen molar-refractivity contribution in [1.29, 1.82) is 0 Å². The molecular formula is C21H25F2N3O5S. The zero-order chi connectivity index (χ0) is 23.5. The molecule has 1 unspecified atom stereocenters. The second-order valence-electron chi connectivity index (χ2n) is 7.85. The van der Waals surface area contributed by atoms with Gasteiger partial charge in [-0.25, -0.2) is 17.2 Å². The van der Waals surface area contributed by atoms with E-state index >= 15 is 0 Å². The smallest absolute Gasteiger partial charge is 0.257 e. The Kier molecular flexibility index (Phi) is 7.42. The van der Waals surface area contributed by atoms with Crippen LogP contribution in [0.25, 0.3) is 5.57 Å². The number of carbonyl (C=O) groups excluding carboxylic acids is 1. The van der Waals surface area contributed by atoms with Crippen LogP contribution in [0.5, 0.6) is 0 Å². The van der Waals surface area contributed by atoms with Crippen LogP contribution >= 0.6 is 0 Å². The number of nitrogens with zero attached hydrogens (tertiary/aromatic N) is 2. The van der Waals surface area contributed by atoms with E-state index in [9.17, 15) is 27.1 Å². The highest BCUT2D eigenvalue weighted by molar-refractivity contribution is 7.90. The van der Waals surface area contributed by atoms with Gasteiger partial charge in [-0.2, -0.15) is 5.10 Å². The molecule has 3 rings (SSSR count). The molecule has 1 amide bonds. The first-order valence-electron chi connectivity index (χ1n) is 10.0. The summed E-state index contributed by atoms with van der Waals surface area (Å²) in [7, 11) is -3.43. The maximum absolute atomic E-state index is 13.7. The van der Waals surface area contributed by atoms with Crippen molar-refractivity contribution in [1.82, 2.24) is 9.78 Å². The maximum Gasteiger partial charge on any atom is 0.257 e. The number of aliphatic hydroxyl groups excluding tert-OH is 2. The monoisotopic (exact) mass is 469 g/mol. The van der Waals surface area contributed by atoms with Gasteiger partial charge in [-0.15, -0.1) is 0 Å². The van der Waals surface area contributed by atoms with Crippen LogP contribution in [0.4, 0.5) is 14.6 Å². The summed E-state index contributed by atoms with van der Waals surface area (Å²) in [6, 6.07) is 7.15. The van der Waals surface area contributed by atoms with Crippen molar-refractivity contribution in [2.75, 3.05) is 18.2 Å². The number of alkyl halides is 2. The average Bonchev–Trinajstić information content (AvgIpc) is 3.30. The van der Waals surface area contributed by atoms with Gasteiger partial charge >= 0.3 is 0 Å². The van der Waals surface area contributed by atoms with Gasteiger partial charge in [0, 0.05) is 24.1 Å². The van der Waals surface area contributed by atoms with Crippen LogP contribution in [0, 0.1) is 5.92 Å². The molecule has 11 heteroatoms. The first-order valence-corrected chi connectivity index (χ1v) is 11.9. The molecule has 4 atom stereocenters. The van der Waals surface area contributed by atoms with Gasteiger partial charge in [-0.3, -0.25) is 9.48 Å². The fourth-order valence-electron chi connectivity index (χ4n) is 3.51. The van der Waals surface area contributed by atoms with Gasteiger partial charge in [0.25, 0.3) is 5.91 Å². The van der Waals surface area contributed by atoms with Crippen LogP contribution < -0.4 is 5.32 Å². The van der Waals surface area contributed by atoms with Gasteiger partial charge in [0.15, 0.2) is 15.7 Å². The molecule has 0 saturated heterocycles. The largest absolute Gasteiger partial charge is 0.394 e. The van der Waals surface area contributed by atoms with Gasteiger partial charge in [-0.1, -0.05) is 18.2 Å². The van der Waals surface area contributed by atoms with E-state index in [0.29, 0.717) is 5.56 Å². The number of nitrogens with one attached hydrogen (secondary N) is 1. The lowest BCUT2D eigenvalue weighted by Crippen LogP contribution is -2.20. The second-order valence-corrected chi connectivity index (χ2v) is 9.87. The van der Waals surface area contributed by atoms with Crippen molar-refractivity contribution < 1.29 is 32.2 Å². The number of allylic oxidation sites excluding steroid dienone is 1. The van der Waals surface area contributed by atoms with E-state index in [2.05, 4.69) is 10.4 Å². The standard InChI is InChI=1S/C21H25F2N3O5S/c1-32(30,31)16-4-2-14(3-5-16)17(8-13-9-18(22)19(23)10-13)21(29)24-20-6-7-26(25-20)11-15(28)12-27/h2-8,13,15,18-19,27-28H,9-12H2,1H3,(H,24,25,29)/t13?,15-,18-,19+/m0/s1. The van der Waals surface area contributed by atoms with Crippen LogP contribution in [-0.2, 0) is 21.2 Å². The molecule has 1 heterocycles. The molecule has 32 heavy (non-hydrogen) atoms. The SMILES string of the molecule is CS(=O)(=O)c1ccc(C(=CC2C[C@@H](F)[C@@H](F)C2)C(=O)Nc2ccn(C[C@H](O)CO)n2)cc1. The number of benzene rings is 1. The number of anilines is 1. The van der Waals surface area contributed by atoms with Crippen molar-refractivity contribution >= 4 is 27.1 Å². The highest BCUT2D eigenvalue weighted by Gasteiger charge is 2.34. The van der Waals surface area contributed by atoms with Crippen LogP contribution in [0.1, 0.15) is 18.4 Å². The van der Waals surface area contributed by atoms with E-state index in [4.69, 9.17) is 5.11 Å². The van der Waals surface area contributed by atoms with Crippen LogP contribution in [-0.4, -0.2) is 65.6 Å². The Morgan fingerprint density at radius 1 is 1.25 bits per heavy atom. The first-order chi connectivity index (χ1) is 15.1. The quantitative estimate of drug-likeness (QED) is 0.507. The minimum Gasteiger partial charge on any atom is -0.394 e. The third-order valence-corrected chi connectivity index (χ3v) is 6.31. The second kappa shape index (κ2) is 9.88. The fraction of sp³-hybridized carbons (Fsp3) is 0.429. The Hall–Kier alpha value is -2.63. The van der Waals surface area contributed by atoms with Crippen LogP contribution in [0.2, 0.25) is 0 Å². The van der Waals surface area contributed by atoms with Crippen molar-refractivity contribution in [3.8, 4) is 0 Å². The Morgan fingerprint density at radius 3 is 2.44 bits per heavy atom. The van der Waals surface area contributed by atoms with Gasteiger partial charge < -0.3 is 15.5 Å². The molecule has 174 valence electrons. The predicted octanol–water partition coefficient (Wildman–Crippen LogP) is 1.75. The highest BCUT2D eigenvalue weighted by atomic mass is 32.2. The Bertz CT molecular complexity index is 1080. The molecule has 1 saturated carbocycles. The van der Waals surface area contributed by atoms with Crippen molar-refractivity contribution in [2.24, 2.45) is 5.92 Å². The number of aromatic nitrogens is 2. The third kappa shape index (κ3) is 5.99. The van der Waals surface area contributed by atoms with Gasteiger partial charge in [0.05, 0.1) is 24.2 Å². The molecule has 3 N–H and O–H groups in total. The normalized spacial score (nSPS) is 22.7. The van der Waals surface area contributed by atoms with E-state index in [0.717, 1.165) is 6.26 Å². The lowest BCUT2D eigenvalue weighted by atomic mass is 9.98. The molecule has 0 bridgehead atoms. The molecule has 0 aliphatic heterocycles. The summed E-state index contributed by atoms with van der Waals surface area (Å²) in [5, 5.41) is 25.1. The minimum absolute atomic E-state index is 0.0277. The summed E-state index contributed by atoms with van der Waals surface area (Å²) in [6.07, 6.45) is -0.215. The zero-order valence-electron chi connectivity index (χ0n) is 17.4. The molecule has 0 spiro atoms. The van der Waals surface area contributed by atoms with E-state index < -0.39 is 46.7 Å². The number of sulfone groups is 1. The van der Waals surface area contributed by atoms with E-state index in [1.165, 1.54) is 47.3 Å². The van der Waals surface area contributed by atoms with Gasteiger partial charge in [0.2, 0.25) is 0 Å². The van der Waals surface area contributed by atoms with E-state index in [1.54, 1.807) is 0 Å². The number of hydrogen-bond donors (Lipinski definition) is 3. The lowest BCUT2D eigenvalue weighted by molar-refractivity contribution is -0.111. The first kappa shape index (κ1) is 24.0. The van der Waals surface area contributed by atoms with Crippen molar-refractivity contribution in [2.45, 2.75) is 42.7 Å². The summed E-state index contributed by atoms with van der Waals surface area (Å²) in [5.74, 6) is -0.896. The number of carbonyl (C=O) groups is 1. The van der Waals surface area contributed by atoms with Crippen LogP contribution in [0.15, 0.2) is 47.5 Å². The summed E-state index contributed by atoms with van der Waals surface area (Å²) in [6.45, 7) is -0.412. The van der Waals surface area contributed by atoms with Gasteiger partial charge in [-0.05, 0) is 36.5 Å². The Balaban J connectivity index is 1.86. The molecule has 1 fully saturated rings. The molecule has 1 aromatic carbocycles. The molecule has 0 radical (unpaired) electrons. The number of aliphatic hydroxyl groups is 2. The summed E-state index contributed by atoms with van der Waals surface area (Å²) in [5.41, 5.74) is 0.532. The fourth-order valence-corrected chi connectivity index (χ4v) is 4.14. The topological polar surface area (TPSA) is 122 Å². The highest BCUT2D eigenvalue weighted by Crippen LogP contribution is 2.34. The number of halogens is 2.